The van der Waals surface area contributed by atoms with Crippen LogP contribution in [-0.2, 0) is 0 Å². The topological polar surface area (TPSA) is 15.4 Å². The molecule has 3 aromatic carbocycles. The Bertz CT molecular complexity index is 919. The van der Waals surface area contributed by atoms with E-state index in [1.165, 1.54) is 16.8 Å². The summed E-state index contributed by atoms with van der Waals surface area (Å²) in [6, 6.07) is 30.0. The molecule has 3 aromatic rings. The van der Waals surface area contributed by atoms with Crippen LogP contribution in [0.2, 0.25) is 5.02 Å². The molecule has 0 bridgehead atoms. The molecule has 1 unspecified atom stereocenters. The number of aliphatic imine (C=N–C) groups is 1. The summed E-state index contributed by atoms with van der Waals surface area (Å²) in [6.45, 7) is 0. The van der Waals surface area contributed by atoms with Gasteiger partial charge in [-0.1, -0.05) is 84.4 Å². The van der Waals surface area contributed by atoms with Crippen LogP contribution in [0.3, 0.4) is 0 Å². The third-order valence-electron chi connectivity index (χ3n) is 5.05. The number of hydrogen-bond donors (Lipinski definition) is 0. The molecule has 5 rings (SSSR count). The van der Waals surface area contributed by atoms with Gasteiger partial charge in [0.05, 0.1) is 17.8 Å². The maximum Gasteiger partial charge on any atom is 0.129 e. The largest absolute Gasteiger partial charge is 0.263 e. The number of fused-ring (bicyclic) bond motifs is 1. The SMILES string of the molecule is Clc1ccc(C2=N[C@@H](c3ccccc3)N3[C@H]2[C@@H]3c2ccccc2)cc1. The lowest BCUT2D eigenvalue weighted by molar-refractivity contribution is 0.404. The molecule has 2 nitrogen and oxygen atoms in total. The summed E-state index contributed by atoms with van der Waals surface area (Å²) in [5.41, 5.74) is 4.93. The molecular weight excluding hydrogens is 328 g/mol. The van der Waals surface area contributed by atoms with E-state index in [1.54, 1.807) is 0 Å². The van der Waals surface area contributed by atoms with Crippen LogP contribution in [0, 0.1) is 0 Å². The van der Waals surface area contributed by atoms with Gasteiger partial charge >= 0.3 is 0 Å². The Kier molecular flexibility index (Phi) is 3.47. The Morgan fingerprint density at radius 2 is 1.28 bits per heavy atom. The number of benzene rings is 3. The number of nitrogens with zero attached hydrogens (tertiary/aromatic N) is 2. The van der Waals surface area contributed by atoms with E-state index < -0.39 is 0 Å². The molecule has 0 aromatic heterocycles. The highest BCUT2D eigenvalue weighted by atomic mass is 35.5. The molecule has 0 spiro atoms. The molecule has 0 amide bonds. The Hall–Kier alpha value is -2.42. The van der Waals surface area contributed by atoms with Gasteiger partial charge in [0.2, 0.25) is 0 Å². The van der Waals surface area contributed by atoms with E-state index >= 15 is 0 Å². The zero-order chi connectivity index (χ0) is 16.8. The van der Waals surface area contributed by atoms with Crippen LogP contribution in [0.5, 0.6) is 0 Å². The van der Waals surface area contributed by atoms with Crippen LogP contribution in [0.4, 0.5) is 0 Å². The van der Waals surface area contributed by atoms with Gasteiger partial charge in [0.25, 0.3) is 0 Å². The first-order valence-electron chi connectivity index (χ1n) is 8.54. The van der Waals surface area contributed by atoms with Crippen molar-refractivity contribution in [3.8, 4) is 0 Å². The fourth-order valence-electron chi connectivity index (χ4n) is 3.86. The van der Waals surface area contributed by atoms with Gasteiger partial charge in [-0.2, -0.15) is 0 Å². The summed E-state index contributed by atoms with van der Waals surface area (Å²) >= 11 is 6.06. The molecule has 3 heteroatoms. The predicted molar refractivity (Wildman–Crippen MR) is 102 cm³/mol. The van der Waals surface area contributed by atoms with Crippen molar-refractivity contribution in [2.45, 2.75) is 18.2 Å². The van der Waals surface area contributed by atoms with Crippen LogP contribution >= 0.6 is 11.6 Å². The van der Waals surface area contributed by atoms with Gasteiger partial charge in [-0.3, -0.25) is 9.89 Å². The quantitative estimate of drug-likeness (QED) is 0.591. The minimum absolute atomic E-state index is 0.0853. The Morgan fingerprint density at radius 3 is 1.92 bits per heavy atom. The van der Waals surface area contributed by atoms with Crippen molar-refractivity contribution in [3.63, 3.8) is 0 Å². The molecule has 0 saturated carbocycles. The van der Waals surface area contributed by atoms with Crippen molar-refractivity contribution < 1.29 is 0 Å². The second kappa shape index (κ2) is 5.83. The molecule has 1 saturated heterocycles. The highest BCUT2D eigenvalue weighted by Gasteiger charge is 2.59. The monoisotopic (exact) mass is 344 g/mol. The minimum Gasteiger partial charge on any atom is -0.263 e. The van der Waals surface area contributed by atoms with E-state index in [4.69, 9.17) is 16.6 Å². The van der Waals surface area contributed by atoms with Gasteiger partial charge < -0.3 is 0 Å². The van der Waals surface area contributed by atoms with Crippen LogP contribution in [-0.4, -0.2) is 16.7 Å². The third kappa shape index (κ3) is 2.50. The molecule has 2 aliphatic rings. The molecule has 1 fully saturated rings. The van der Waals surface area contributed by atoms with Crippen molar-refractivity contribution >= 4 is 17.3 Å². The molecular formula is C22H17ClN2. The highest BCUT2D eigenvalue weighted by Crippen LogP contribution is 2.55. The molecule has 2 heterocycles. The lowest BCUT2D eigenvalue weighted by Crippen LogP contribution is -2.08. The van der Waals surface area contributed by atoms with Crippen molar-refractivity contribution in [2.75, 3.05) is 0 Å². The minimum atomic E-state index is 0.0853. The van der Waals surface area contributed by atoms with E-state index in [0.717, 1.165) is 10.6 Å². The number of rotatable bonds is 3. The smallest absolute Gasteiger partial charge is 0.129 e. The van der Waals surface area contributed by atoms with Crippen molar-refractivity contribution in [3.05, 3.63) is 107 Å². The van der Waals surface area contributed by atoms with Gasteiger partial charge in [-0.15, -0.1) is 0 Å². The van der Waals surface area contributed by atoms with Crippen molar-refractivity contribution in [2.24, 2.45) is 4.99 Å². The standard InChI is InChI=1S/C22H17ClN2/c23-18-13-11-15(12-14-18)19-21-20(16-7-3-1-4-8-16)25(21)22(24-19)17-9-5-2-6-10-17/h1-14,20-22H/t20-,21+,22+,25?/m0/s1. The van der Waals surface area contributed by atoms with E-state index in [-0.39, 0.29) is 6.17 Å². The first kappa shape index (κ1) is 14.9. The van der Waals surface area contributed by atoms with Crippen LogP contribution in [0.25, 0.3) is 0 Å². The predicted octanol–water partition coefficient (Wildman–Crippen LogP) is 5.27. The lowest BCUT2D eigenvalue weighted by Gasteiger charge is -2.14. The lowest BCUT2D eigenvalue weighted by atomic mass is 10.0. The van der Waals surface area contributed by atoms with E-state index in [0.29, 0.717) is 12.1 Å². The summed E-state index contributed by atoms with van der Waals surface area (Å²) in [5, 5.41) is 0.759. The number of halogens is 1. The van der Waals surface area contributed by atoms with Crippen LogP contribution < -0.4 is 0 Å². The highest BCUT2D eigenvalue weighted by molar-refractivity contribution is 6.30. The molecule has 122 valence electrons. The zero-order valence-corrected chi connectivity index (χ0v) is 14.3. The van der Waals surface area contributed by atoms with E-state index in [9.17, 15) is 0 Å². The summed E-state index contributed by atoms with van der Waals surface area (Å²) in [6.07, 6.45) is 0.0853. The Labute approximate surface area is 152 Å². The molecule has 0 N–H and O–H groups in total. The third-order valence-corrected chi connectivity index (χ3v) is 5.31. The normalized spacial score (nSPS) is 26.8. The second-order valence-electron chi connectivity index (χ2n) is 6.55. The van der Waals surface area contributed by atoms with Crippen LogP contribution in [0.15, 0.2) is 89.9 Å². The molecule has 2 aliphatic heterocycles. The maximum absolute atomic E-state index is 6.06. The molecule has 4 atom stereocenters. The first-order chi connectivity index (χ1) is 12.3. The fraction of sp³-hybridized carbons (Fsp3) is 0.136. The summed E-state index contributed by atoms with van der Waals surface area (Å²) in [4.78, 5) is 7.56. The molecule has 25 heavy (non-hydrogen) atoms. The summed E-state index contributed by atoms with van der Waals surface area (Å²) in [7, 11) is 0. The zero-order valence-electron chi connectivity index (χ0n) is 13.6. The average molecular weight is 345 g/mol. The van der Waals surface area contributed by atoms with Gasteiger partial charge in [0, 0.05) is 5.02 Å². The fourth-order valence-corrected chi connectivity index (χ4v) is 3.99. The average Bonchev–Trinajstić information content (AvgIpc) is 3.28. The second-order valence-corrected chi connectivity index (χ2v) is 6.99. The Balaban J connectivity index is 1.57. The van der Waals surface area contributed by atoms with E-state index in [2.05, 4.69) is 77.7 Å². The van der Waals surface area contributed by atoms with Gasteiger partial charge in [0.15, 0.2) is 0 Å². The first-order valence-corrected chi connectivity index (χ1v) is 8.92. The van der Waals surface area contributed by atoms with Crippen LogP contribution in [0.1, 0.15) is 28.9 Å². The maximum atomic E-state index is 6.06. The molecule has 0 radical (unpaired) electrons. The van der Waals surface area contributed by atoms with Gasteiger partial charge in [0.1, 0.15) is 6.17 Å². The summed E-state index contributed by atoms with van der Waals surface area (Å²) < 4.78 is 0. The van der Waals surface area contributed by atoms with E-state index in [1.807, 2.05) is 12.1 Å². The number of hydrogen-bond acceptors (Lipinski definition) is 2. The molecule has 0 aliphatic carbocycles. The Morgan fingerprint density at radius 1 is 0.680 bits per heavy atom. The van der Waals surface area contributed by atoms with Crippen molar-refractivity contribution in [1.29, 1.82) is 0 Å². The summed E-state index contributed by atoms with van der Waals surface area (Å²) in [5.74, 6) is 0. The van der Waals surface area contributed by atoms with Gasteiger partial charge in [-0.25, -0.2) is 0 Å². The van der Waals surface area contributed by atoms with Crippen molar-refractivity contribution in [1.82, 2.24) is 4.90 Å². The van der Waals surface area contributed by atoms with Gasteiger partial charge in [-0.05, 0) is 28.8 Å².